The van der Waals surface area contributed by atoms with Crippen LogP contribution >= 0.6 is 11.6 Å². The zero-order valence-electron chi connectivity index (χ0n) is 8.33. The number of nitrogens with one attached hydrogen (secondary N) is 1. The first-order valence-electron chi connectivity index (χ1n) is 4.08. The van der Waals surface area contributed by atoms with Crippen molar-refractivity contribution in [1.29, 1.82) is 0 Å². The molecule has 0 aliphatic heterocycles. The van der Waals surface area contributed by atoms with Crippen LogP contribution in [-0.4, -0.2) is 14.7 Å². The summed E-state index contributed by atoms with van der Waals surface area (Å²) >= 11 is 5.87. The number of aryl methyl sites for hydroxylation is 1. The first kappa shape index (κ1) is 11.9. The fourth-order valence-corrected chi connectivity index (χ4v) is 1.82. The smallest absolute Gasteiger partial charge is 0.229 e. The van der Waals surface area contributed by atoms with Gasteiger partial charge in [-0.3, -0.25) is 4.72 Å². The van der Waals surface area contributed by atoms with E-state index < -0.39 is 10.0 Å². The molecule has 0 unspecified atom stereocenters. The van der Waals surface area contributed by atoms with Crippen molar-refractivity contribution in [3.8, 4) is 12.3 Å². The lowest BCUT2D eigenvalue weighted by Crippen LogP contribution is -2.10. The molecule has 0 heterocycles. The molecule has 0 bridgehead atoms. The van der Waals surface area contributed by atoms with E-state index in [-0.39, 0.29) is 0 Å². The molecule has 80 valence electrons. The van der Waals surface area contributed by atoms with Crippen molar-refractivity contribution in [3.05, 3.63) is 28.3 Å². The third-order valence-corrected chi connectivity index (χ3v) is 2.75. The van der Waals surface area contributed by atoms with Crippen LogP contribution in [0.25, 0.3) is 0 Å². The molecule has 0 atom stereocenters. The molecule has 0 spiro atoms. The summed E-state index contributed by atoms with van der Waals surface area (Å²) in [6.45, 7) is 1.80. The van der Waals surface area contributed by atoms with E-state index in [4.69, 9.17) is 18.0 Å². The highest BCUT2D eigenvalue weighted by Gasteiger charge is 2.08. The second kappa shape index (κ2) is 4.13. The van der Waals surface area contributed by atoms with Gasteiger partial charge >= 0.3 is 0 Å². The van der Waals surface area contributed by atoms with Crippen LogP contribution in [0.2, 0.25) is 5.02 Å². The van der Waals surface area contributed by atoms with Crippen LogP contribution in [0.1, 0.15) is 11.1 Å². The Morgan fingerprint density at radius 1 is 1.47 bits per heavy atom. The SMILES string of the molecule is C#Cc1cc(C)c(Cl)cc1NS(C)(=O)=O. The van der Waals surface area contributed by atoms with Gasteiger partial charge in [0.25, 0.3) is 0 Å². The van der Waals surface area contributed by atoms with E-state index in [1.165, 1.54) is 6.07 Å². The Labute approximate surface area is 94.5 Å². The van der Waals surface area contributed by atoms with Gasteiger partial charge in [-0.05, 0) is 24.6 Å². The maximum atomic E-state index is 11.0. The van der Waals surface area contributed by atoms with Gasteiger partial charge < -0.3 is 0 Å². The van der Waals surface area contributed by atoms with E-state index in [2.05, 4.69) is 10.6 Å². The van der Waals surface area contributed by atoms with Gasteiger partial charge in [0, 0.05) is 10.6 Å². The second-order valence-electron chi connectivity index (χ2n) is 3.17. The van der Waals surface area contributed by atoms with Crippen LogP contribution < -0.4 is 4.72 Å². The Kier molecular flexibility index (Phi) is 3.28. The summed E-state index contributed by atoms with van der Waals surface area (Å²) in [7, 11) is -3.34. The molecule has 1 N–H and O–H groups in total. The third kappa shape index (κ3) is 3.15. The number of hydrogen-bond donors (Lipinski definition) is 1. The van der Waals surface area contributed by atoms with Crippen molar-refractivity contribution in [2.24, 2.45) is 0 Å². The largest absolute Gasteiger partial charge is 0.282 e. The van der Waals surface area contributed by atoms with Crippen LogP contribution in [0.15, 0.2) is 12.1 Å². The number of hydrogen-bond acceptors (Lipinski definition) is 2. The van der Waals surface area contributed by atoms with Crippen LogP contribution in [0.4, 0.5) is 5.69 Å². The van der Waals surface area contributed by atoms with Crippen molar-refractivity contribution in [1.82, 2.24) is 0 Å². The average Bonchev–Trinajstić information content (AvgIpc) is 2.08. The maximum absolute atomic E-state index is 11.0. The van der Waals surface area contributed by atoms with Gasteiger partial charge in [0.15, 0.2) is 0 Å². The highest BCUT2D eigenvalue weighted by molar-refractivity contribution is 7.92. The summed E-state index contributed by atoms with van der Waals surface area (Å²) in [4.78, 5) is 0. The van der Waals surface area contributed by atoms with Gasteiger partial charge in [0.05, 0.1) is 11.9 Å². The summed E-state index contributed by atoms with van der Waals surface area (Å²) < 4.78 is 24.4. The van der Waals surface area contributed by atoms with Gasteiger partial charge in [-0.2, -0.15) is 0 Å². The Morgan fingerprint density at radius 2 is 2.07 bits per heavy atom. The topological polar surface area (TPSA) is 46.2 Å². The van der Waals surface area contributed by atoms with E-state index in [9.17, 15) is 8.42 Å². The summed E-state index contributed by atoms with van der Waals surface area (Å²) in [6, 6.07) is 3.17. The number of anilines is 1. The molecule has 0 aromatic heterocycles. The maximum Gasteiger partial charge on any atom is 0.229 e. The first-order chi connectivity index (χ1) is 6.83. The van der Waals surface area contributed by atoms with E-state index in [1.807, 2.05) is 0 Å². The predicted octanol–water partition coefficient (Wildman–Crippen LogP) is 2.00. The molecule has 0 aliphatic rings. The summed E-state index contributed by atoms with van der Waals surface area (Å²) in [6.07, 6.45) is 6.32. The molecular formula is C10H10ClNO2S. The lowest BCUT2D eigenvalue weighted by atomic mass is 10.1. The lowest BCUT2D eigenvalue weighted by molar-refractivity contribution is 0.607. The monoisotopic (exact) mass is 243 g/mol. The Morgan fingerprint density at radius 3 is 2.53 bits per heavy atom. The molecule has 15 heavy (non-hydrogen) atoms. The predicted molar refractivity (Wildman–Crippen MR) is 62.6 cm³/mol. The van der Waals surface area contributed by atoms with Crippen LogP contribution in [0, 0.1) is 19.3 Å². The van der Waals surface area contributed by atoms with Gasteiger partial charge in [-0.25, -0.2) is 8.42 Å². The number of halogens is 1. The molecular weight excluding hydrogens is 234 g/mol. The quantitative estimate of drug-likeness (QED) is 0.808. The standard InChI is InChI=1S/C10H10ClNO2S/c1-4-8-5-7(2)9(11)6-10(8)12-15(3,13)14/h1,5-6,12H,2-3H3. The normalized spacial score (nSPS) is 10.8. The highest BCUT2D eigenvalue weighted by atomic mass is 35.5. The molecule has 0 saturated heterocycles. The summed E-state index contributed by atoms with van der Waals surface area (Å²) in [5.41, 5.74) is 1.61. The van der Waals surface area contributed by atoms with E-state index in [1.54, 1.807) is 13.0 Å². The number of benzene rings is 1. The van der Waals surface area contributed by atoms with Gasteiger partial charge in [0.1, 0.15) is 0 Å². The van der Waals surface area contributed by atoms with Gasteiger partial charge in [-0.15, -0.1) is 6.42 Å². The zero-order chi connectivity index (χ0) is 11.6. The molecule has 1 aromatic carbocycles. The minimum Gasteiger partial charge on any atom is -0.282 e. The lowest BCUT2D eigenvalue weighted by Gasteiger charge is -2.08. The Bertz CT molecular complexity index is 529. The van der Waals surface area contributed by atoms with Crippen LogP contribution in [0.3, 0.4) is 0 Å². The van der Waals surface area contributed by atoms with Crippen molar-refractivity contribution in [3.63, 3.8) is 0 Å². The van der Waals surface area contributed by atoms with Crippen molar-refractivity contribution >= 4 is 27.3 Å². The minimum absolute atomic E-state index is 0.329. The Hall–Kier alpha value is -1.18. The van der Waals surface area contributed by atoms with Crippen LogP contribution in [0.5, 0.6) is 0 Å². The second-order valence-corrected chi connectivity index (χ2v) is 5.32. The van der Waals surface area contributed by atoms with E-state index >= 15 is 0 Å². The van der Waals surface area contributed by atoms with Crippen molar-refractivity contribution in [2.75, 3.05) is 11.0 Å². The van der Waals surface area contributed by atoms with E-state index in [0.29, 0.717) is 16.3 Å². The number of sulfonamides is 1. The summed E-state index contributed by atoms with van der Waals surface area (Å²) in [5.74, 6) is 2.40. The van der Waals surface area contributed by atoms with E-state index in [0.717, 1.165) is 11.8 Å². The molecule has 0 fully saturated rings. The molecule has 0 amide bonds. The van der Waals surface area contributed by atoms with Crippen molar-refractivity contribution < 1.29 is 8.42 Å². The molecule has 0 aliphatic carbocycles. The molecule has 5 heteroatoms. The minimum atomic E-state index is -3.34. The summed E-state index contributed by atoms with van der Waals surface area (Å²) in [5, 5.41) is 0.472. The average molecular weight is 244 g/mol. The van der Waals surface area contributed by atoms with Crippen LogP contribution in [-0.2, 0) is 10.0 Å². The third-order valence-electron chi connectivity index (χ3n) is 1.75. The molecule has 0 saturated carbocycles. The first-order valence-corrected chi connectivity index (χ1v) is 6.35. The fourth-order valence-electron chi connectivity index (χ4n) is 1.09. The highest BCUT2D eigenvalue weighted by Crippen LogP contribution is 2.24. The Balaban J connectivity index is 3.30. The van der Waals surface area contributed by atoms with Gasteiger partial charge in [-0.1, -0.05) is 17.5 Å². The van der Waals surface area contributed by atoms with Gasteiger partial charge in [0.2, 0.25) is 10.0 Å². The molecule has 1 rings (SSSR count). The zero-order valence-corrected chi connectivity index (χ0v) is 9.91. The number of rotatable bonds is 2. The molecule has 1 aromatic rings. The molecule has 3 nitrogen and oxygen atoms in total. The number of terminal acetylenes is 1. The fraction of sp³-hybridized carbons (Fsp3) is 0.200. The van der Waals surface area contributed by atoms with Crippen molar-refractivity contribution in [2.45, 2.75) is 6.92 Å². The molecule has 0 radical (unpaired) electrons.